The van der Waals surface area contributed by atoms with Crippen LogP contribution in [0.1, 0.15) is 0 Å². The molecule has 2 aromatic carbocycles. The maximum atomic E-state index is 12.2. The fraction of sp³-hybridized carbons (Fsp3) is 0.105. The van der Waals surface area contributed by atoms with Crippen molar-refractivity contribution >= 4 is 17.3 Å². The molecule has 9 nitrogen and oxygen atoms in total. The number of anilines is 1. The molecule has 1 aromatic heterocycles. The molecule has 3 rings (SSSR count). The quantitative estimate of drug-likeness (QED) is 0.519. The minimum absolute atomic E-state index is 0.144. The number of methoxy groups -OCH3 is 1. The highest BCUT2D eigenvalue weighted by Crippen LogP contribution is 2.20. The summed E-state index contributed by atoms with van der Waals surface area (Å²) >= 11 is 0. The van der Waals surface area contributed by atoms with Crippen LogP contribution in [0.15, 0.2) is 65.5 Å². The van der Waals surface area contributed by atoms with Crippen molar-refractivity contribution in [2.45, 2.75) is 6.54 Å². The van der Waals surface area contributed by atoms with Crippen LogP contribution in [0.25, 0.3) is 11.3 Å². The molecule has 0 unspecified atom stereocenters. The molecule has 0 atom stereocenters. The first-order chi connectivity index (χ1) is 13.5. The van der Waals surface area contributed by atoms with Gasteiger partial charge in [-0.2, -0.15) is 5.10 Å². The zero-order chi connectivity index (χ0) is 20.1. The van der Waals surface area contributed by atoms with E-state index in [0.717, 1.165) is 10.2 Å². The molecule has 0 saturated carbocycles. The average molecular weight is 380 g/mol. The molecule has 28 heavy (non-hydrogen) atoms. The number of non-ortho nitro benzene ring substituents is 1. The first-order valence-electron chi connectivity index (χ1n) is 8.23. The van der Waals surface area contributed by atoms with E-state index in [9.17, 15) is 19.7 Å². The molecule has 3 aromatic rings. The molecular formula is C19H16N4O5. The van der Waals surface area contributed by atoms with Gasteiger partial charge in [0.1, 0.15) is 12.3 Å². The summed E-state index contributed by atoms with van der Waals surface area (Å²) in [4.78, 5) is 34.6. The summed E-state index contributed by atoms with van der Waals surface area (Å²) in [6.07, 6.45) is 0. The van der Waals surface area contributed by atoms with Crippen LogP contribution in [-0.2, 0) is 11.3 Å². The Hall–Kier alpha value is -4.01. The van der Waals surface area contributed by atoms with Crippen molar-refractivity contribution in [3.05, 3.63) is 81.1 Å². The lowest BCUT2D eigenvalue weighted by molar-refractivity contribution is -0.384. The van der Waals surface area contributed by atoms with E-state index in [1.807, 2.05) is 0 Å². The van der Waals surface area contributed by atoms with Crippen LogP contribution >= 0.6 is 0 Å². The van der Waals surface area contributed by atoms with Gasteiger partial charge in [0.05, 0.1) is 17.7 Å². The Labute approximate surface area is 159 Å². The number of carbonyl (C=O) groups is 1. The predicted octanol–water partition coefficient (Wildman–Crippen LogP) is 2.47. The smallest absolute Gasteiger partial charge is 0.271 e. The molecule has 0 aliphatic rings. The highest BCUT2D eigenvalue weighted by atomic mass is 16.6. The first kappa shape index (κ1) is 18.8. The minimum atomic E-state index is -0.556. The average Bonchev–Trinajstić information content (AvgIpc) is 2.70. The van der Waals surface area contributed by atoms with E-state index >= 15 is 0 Å². The van der Waals surface area contributed by atoms with Crippen LogP contribution in [0.3, 0.4) is 0 Å². The number of ether oxygens (including phenoxy) is 1. The lowest BCUT2D eigenvalue weighted by Crippen LogP contribution is -2.29. The number of nitro benzene ring substituents is 1. The van der Waals surface area contributed by atoms with Gasteiger partial charge >= 0.3 is 0 Å². The minimum Gasteiger partial charge on any atom is -0.497 e. The van der Waals surface area contributed by atoms with E-state index in [4.69, 9.17) is 4.74 Å². The third-order valence-electron chi connectivity index (χ3n) is 3.89. The van der Waals surface area contributed by atoms with Gasteiger partial charge in [0.25, 0.3) is 11.2 Å². The molecule has 0 saturated heterocycles. The summed E-state index contributed by atoms with van der Waals surface area (Å²) in [7, 11) is 1.56. The van der Waals surface area contributed by atoms with Crippen molar-refractivity contribution in [1.29, 1.82) is 0 Å². The zero-order valence-corrected chi connectivity index (χ0v) is 14.9. The van der Waals surface area contributed by atoms with Gasteiger partial charge in [0.2, 0.25) is 5.91 Å². The summed E-state index contributed by atoms with van der Waals surface area (Å²) in [6.45, 7) is -0.328. The Bertz CT molecular complexity index is 1080. The molecular weight excluding hydrogens is 364 g/mol. The van der Waals surface area contributed by atoms with Crippen molar-refractivity contribution < 1.29 is 14.5 Å². The normalized spacial score (nSPS) is 10.3. The lowest BCUT2D eigenvalue weighted by Gasteiger charge is -2.09. The van der Waals surface area contributed by atoms with E-state index in [1.54, 1.807) is 37.4 Å². The Kier molecular flexibility index (Phi) is 5.45. The Morgan fingerprint density at radius 2 is 1.93 bits per heavy atom. The highest BCUT2D eigenvalue weighted by molar-refractivity contribution is 5.90. The van der Waals surface area contributed by atoms with Crippen LogP contribution in [-0.4, -0.2) is 27.7 Å². The van der Waals surface area contributed by atoms with Crippen molar-refractivity contribution in [1.82, 2.24) is 9.78 Å². The number of amides is 1. The summed E-state index contributed by atoms with van der Waals surface area (Å²) in [5.74, 6) is 0.162. The Morgan fingerprint density at radius 3 is 2.61 bits per heavy atom. The second-order valence-electron chi connectivity index (χ2n) is 5.80. The van der Waals surface area contributed by atoms with E-state index in [2.05, 4.69) is 10.4 Å². The number of nitrogens with zero attached hydrogens (tertiary/aromatic N) is 3. The topological polar surface area (TPSA) is 116 Å². The SMILES string of the molecule is COc1ccc(-c2ccc(=O)n(CC(=O)Nc3cccc([N+](=O)[O-])c3)n2)cc1. The number of benzene rings is 2. The first-order valence-corrected chi connectivity index (χ1v) is 8.23. The van der Waals surface area contributed by atoms with Crippen molar-refractivity contribution in [2.24, 2.45) is 0 Å². The molecule has 0 fully saturated rings. The molecule has 1 heterocycles. The third-order valence-corrected chi connectivity index (χ3v) is 3.89. The Morgan fingerprint density at radius 1 is 1.18 bits per heavy atom. The van der Waals surface area contributed by atoms with Crippen LogP contribution in [0.4, 0.5) is 11.4 Å². The number of nitro groups is 1. The zero-order valence-electron chi connectivity index (χ0n) is 14.9. The van der Waals surface area contributed by atoms with Crippen molar-refractivity contribution in [2.75, 3.05) is 12.4 Å². The maximum absolute atomic E-state index is 12.2. The summed E-state index contributed by atoms with van der Waals surface area (Å²) < 4.78 is 6.14. The largest absolute Gasteiger partial charge is 0.497 e. The number of nitrogens with one attached hydrogen (secondary N) is 1. The highest BCUT2D eigenvalue weighted by Gasteiger charge is 2.11. The number of rotatable bonds is 6. The fourth-order valence-corrected chi connectivity index (χ4v) is 2.51. The van der Waals surface area contributed by atoms with Crippen molar-refractivity contribution in [3.8, 4) is 17.0 Å². The van der Waals surface area contributed by atoms with Crippen LogP contribution < -0.4 is 15.6 Å². The number of hydrogen-bond acceptors (Lipinski definition) is 6. The van der Waals surface area contributed by atoms with E-state index < -0.39 is 16.4 Å². The fourth-order valence-electron chi connectivity index (χ4n) is 2.51. The molecule has 0 spiro atoms. The maximum Gasteiger partial charge on any atom is 0.271 e. The van der Waals surface area contributed by atoms with E-state index in [0.29, 0.717) is 11.4 Å². The second kappa shape index (κ2) is 8.12. The summed E-state index contributed by atoms with van der Waals surface area (Å²) in [6, 6.07) is 15.5. The number of aromatic nitrogens is 2. The van der Waals surface area contributed by atoms with Gasteiger partial charge in [0.15, 0.2) is 0 Å². The van der Waals surface area contributed by atoms with Crippen LogP contribution in [0.5, 0.6) is 5.75 Å². The lowest BCUT2D eigenvalue weighted by atomic mass is 10.1. The van der Waals surface area contributed by atoms with Gasteiger partial charge in [0, 0.05) is 29.4 Å². The van der Waals surface area contributed by atoms with Gasteiger partial charge in [-0.15, -0.1) is 0 Å². The van der Waals surface area contributed by atoms with Gasteiger partial charge < -0.3 is 10.1 Å². The Balaban J connectivity index is 1.78. The number of carbonyl (C=O) groups excluding carboxylic acids is 1. The van der Waals surface area contributed by atoms with Gasteiger partial charge in [-0.05, 0) is 36.4 Å². The molecule has 0 aliphatic carbocycles. The van der Waals surface area contributed by atoms with E-state index in [1.165, 1.54) is 30.3 Å². The molecule has 9 heteroatoms. The molecule has 0 bridgehead atoms. The molecule has 1 amide bonds. The third kappa shape index (κ3) is 4.39. The molecule has 1 N–H and O–H groups in total. The monoisotopic (exact) mass is 380 g/mol. The molecule has 0 radical (unpaired) electrons. The molecule has 142 valence electrons. The summed E-state index contributed by atoms with van der Waals surface area (Å²) in [5.41, 5.74) is 0.957. The van der Waals surface area contributed by atoms with Crippen molar-refractivity contribution in [3.63, 3.8) is 0 Å². The predicted molar refractivity (Wildman–Crippen MR) is 102 cm³/mol. The van der Waals surface area contributed by atoms with Crippen LogP contribution in [0, 0.1) is 10.1 Å². The summed E-state index contributed by atoms with van der Waals surface area (Å²) in [5, 5.41) is 17.6. The van der Waals surface area contributed by atoms with Gasteiger partial charge in [-0.3, -0.25) is 19.7 Å². The standard InChI is InChI=1S/C19H16N4O5/c1-28-16-7-5-13(6-8-16)17-9-10-19(25)22(21-17)12-18(24)20-14-3-2-4-15(11-14)23(26)27/h2-11H,12H2,1H3,(H,20,24). The van der Waals surface area contributed by atoms with Gasteiger partial charge in [-0.1, -0.05) is 6.07 Å². The van der Waals surface area contributed by atoms with Gasteiger partial charge in [-0.25, -0.2) is 4.68 Å². The number of hydrogen-bond donors (Lipinski definition) is 1. The molecule has 0 aliphatic heterocycles. The van der Waals surface area contributed by atoms with Crippen LogP contribution in [0.2, 0.25) is 0 Å². The van der Waals surface area contributed by atoms with E-state index in [-0.39, 0.29) is 17.9 Å². The second-order valence-corrected chi connectivity index (χ2v) is 5.80.